The van der Waals surface area contributed by atoms with Crippen LogP contribution in [0.2, 0.25) is 0 Å². The van der Waals surface area contributed by atoms with Gasteiger partial charge < -0.3 is 21.3 Å². The maximum absolute atomic E-state index is 12.2. The Bertz CT molecular complexity index is 538. The molecule has 114 valence electrons. The second-order valence-electron chi connectivity index (χ2n) is 5.49. The molecule has 0 bridgehead atoms. The number of nitrogens with zero attached hydrogens (tertiary/aromatic N) is 1. The van der Waals surface area contributed by atoms with Gasteiger partial charge in [0.05, 0.1) is 5.56 Å². The number of amides is 2. The molecule has 21 heavy (non-hydrogen) atoms. The van der Waals surface area contributed by atoms with E-state index < -0.39 is 0 Å². The fourth-order valence-corrected chi connectivity index (χ4v) is 2.07. The Labute approximate surface area is 124 Å². The SMILES string of the molecule is CN(C)c1ccc(N)cc1C(=O)NCCNC(=O)C1CC1. The lowest BCUT2D eigenvalue weighted by Crippen LogP contribution is -2.35. The van der Waals surface area contributed by atoms with E-state index in [1.807, 2.05) is 25.1 Å². The van der Waals surface area contributed by atoms with Gasteiger partial charge in [-0.05, 0) is 31.0 Å². The average molecular weight is 290 g/mol. The van der Waals surface area contributed by atoms with Crippen LogP contribution in [0.5, 0.6) is 0 Å². The molecular weight excluding hydrogens is 268 g/mol. The first-order chi connectivity index (χ1) is 9.99. The van der Waals surface area contributed by atoms with Gasteiger partial charge in [0, 0.05) is 44.5 Å². The molecule has 0 spiro atoms. The zero-order valence-electron chi connectivity index (χ0n) is 12.5. The molecule has 1 saturated carbocycles. The second kappa shape index (κ2) is 6.47. The monoisotopic (exact) mass is 290 g/mol. The molecule has 0 atom stereocenters. The van der Waals surface area contributed by atoms with Crippen molar-refractivity contribution < 1.29 is 9.59 Å². The Balaban J connectivity index is 1.87. The van der Waals surface area contributed by atoms with Crippen molar-refractivity contribution in [3.8, 4) is 0 Å². The minimum absolute atomic E-state index is 0.0854. The maximum Gasteiger partial charge on any atom is 0.253 e. The van der Waals surface area contributed by atoms with E-state index in [-0.39, 0.29) is 17.7 Å². The molecule has 6 nitrogen and oxygen atoms in total. The lowest BCUT2D eigenvalue weighted by atomic mass is 10.1. The van der Waals surface area contributed by atoms with Gasteiger partial charge in [-0.1, -0.05) is 0 Å². The van der Waals surface area contributed by atoms with Crippen molar-refractivity contribution in [3.63, 3.8) is 0 Å². The predicted octanol–water partition coefficient (Wildman–Crippen LogP) is 0.591. The molecule has 0 heterocycles. The molecule has 0 unspecified atom stereocenters. The smallest absolute Gasteiger partial charge is 0.253 e. The summed E-state index contributed by atoms with van der Waals surface area (Å²) in [6.07, 6.45) is 1.96. The number of nitrogens with one attached hydrogen (secondary N) is 2. The van der Waals surface area contributed by atoms with Crippen molar-refractivity contribution in [2.75, 3.05) is 37.8 Å². The molecule has 4 N–H and O–H groups in total. The lowest BCUT2D eigenvalue weighted by Gasteiger charge is -2.17. The quantitative estimate of drug-likeness (QED) is 0.528. The average Bonchev–Trinajstić information content (AvgIpc) is 3.27. The Morgan fingerprint density at radius 1 is 1.24 bits per heavy atom. The topological polar surface area (TPSA) is 87.5 Å². The van der Waals surface area contributed by atoms with E-state index >= 15 is 0 Å². The first kappa shape index (κ1) is 15.2. The number of hydrogen-bond acceptors (Lipinski definition) is 4. The molecule has 1 aliphatic carbocycles. The van der Waals surface area contributed by atoms with E-state index in [0.717, 1.165) is 18.5 Å². The third kappa shape index (κ3) is 4.11. The van der Waals surface area contributed by atoms with Crippen LogP contribution in [0.1, 0.15) is 23.2 Å². The Morgan fingerprint density at radius 3 is 2.52 bits per heavy atom. The Morgan fingerprint density at radius 2 is 1.90 bits per heavy atom. The summed E-state index contributed by atoms with van der Waals surface area (Å²) in [6, 6.07) is 5.24. The van der Waals surface area contributed by atoms with Crippen LogP contribution in [0, 0.1) is 5.92 Å². The molecule has 0 aromatic heterocycles. The van der Waals surface area contributed by atoms with Crippen molar-refractivity contribution in [3.05, 3.63) is 23.8 Å². The van der Waals surface area contributed by atoms with Gasteiger partial charge in [-0.3, -0.25) is 9.59 Å². The van der Waals surface area contributed by atoms with Crippen LogP contribution >= 0.6 is 0 Å². The summed E-state index contributed by atoms with van der Waals surface area (Å²) >= 11 is 0. The summed E-state index contributed by atoms with van der Waals surface area (Å²) in [4.78, 5) is 25.5. The van der Waals surface area contributed by atoms with Gasteiger partial charge in [0.1, 0.15) is 0 Å². The number of nitrogen functional groups attached to an aromatic ring is 1. The van der Waals surface area contributed by atoms with Gasteiger partial charge in [-0.2, -0.15) is 0 Å². The van der Waals surface area contributed by atoms with Gasteiger partial charge >= 0.3 is 0 Å². The van der Waals surface area contributed by atoms with Crippen LogP contribution in [0.15, 0.2) is 18.2 Å². The molecule has 1 aliphatic rings. The summed E-state index contributed by atoms with van der Waals surface area (Å²) in [5, 5.41) is 5.61. The molecule has 6 heteroatoms. The number of rotatable bonds is 6. The van der Waals surface area contributed by atoms with Gasteiger partial charge in [-0.25, -0.2) is 0 Å². The minimum atomic E-state index is -0.188. The van der Waals surface area contributed by atoms with Crippen LogP contribution in [-0.2, 0) is 4.79 Å². The number of carbonyl (C=O) groups excluding carboxylic acids is 2. The second-order valence-corrected chi connectivity index (χ2v) is 5.49. The third-order valence-corrected chi connectivity index (χ3v) is 3.40. The Hall–Kier alpha value is -2.24. The van der Waals surface area contributed by atoms with E-state index in [2.05, 4.69) is 10.6 Å². The zero-order chi connectivity index (χ0) is 15.4. The molecule has 1 aromatic rings. The molecule has 2 amide bonds. The predicted molar refractivity (Wildman–Crippen MR) is 83.2 cm³/mol. The van der Waals surface area contributed by atoms with Crippen molar-refractivity contribution in [2.24, 2.45) is 5.92 Å². The molecule has 1 fully saturated rings. The lowest BCUT2D eigenvalue weighted by molar-refractivity contribution is -0.122. The van der Waals surface area contributed by atoms with E-state index in [9.17, 15) is 9.59 Å². The number of anilines is 2. The summed E-state index contributed by atoms with van der Waals surface area (Å²) in [6.45, 7) is 0.847. The van der Waals surface area contributed by atoms with Crippen LogP contribution in [-0.4, -0.2) is 39.0 Å². The standard InChI is InChI=1S/C15H22N4O2/c1-19(2)13-6-5-11(16)9-12(13)15(21)18-8-7-17-14(20)10-3-4-10/h5-6,9-10H,3-4,7-8,16H2,1-2H3,(H,17,20)(H,18,21). The summed E-state index contributed by atoms with van der Waals surface area (Å²) in [5.41, 5.74) is 7.64. The van der Waals surface area contributed by atoms with Crippen molar-refractivity contribution in [1.82, 2.24) is 10.6 Å². The Kier molecular flexibility index (Phi) is 4.67. The van der Waals surface area contributed by atoms with E-state index in [4.69, 9.17) is 5.73 Å². The highest BCUT2D eigenvalue weighted by atomic mass is 16.2. The highest BCUT2D eigenvalue weighted by Crippen LogP contribution is 2.28. The number of nitrogens with two attached hydrogens (primary N) is 1. The third-order valence-electron chi connectivity index (χ3n) is 3.40. The molecular formula is C15H22N4O2. The molecule has 0 saturated heterocycles. The maximum atomic E-state index is 12.2. The first-order valence-corrected chi connectivity index (χ1v) is 7.12. The number of hydrogen-bond donors (Lipinski definition) is 3. The van der Waals surface area contributed by atoms with Crippen molar-refractivity contribution in [1.29, 1.82) is 0 Å². The van der Waals surface area contributed by atoms with Gasteiger partial charge in [0.25, 0.3) is 5.91 Å². The molecule has 0 radical (unpaired) electrons. The summed E-state index contributed by atoms with van der Waals surface area (Å²) in [5.74, 6) is 0.0869. The van der Waals surface area contributed by atoms with Gasteiger partial charge in [0.15, 0.2) is 0 Å². The fraction of sp³-hybridized carbons (Fsp3) is 0.467. The fourth-order valence-electron chi connectivity index (χ4n) is 2.07. The summed E-state index contributed by atoms with van der Waals surface area (Å²) in [7, 11) is 3.75. The van der Waals surface area contributed by atoms with E-state index in [1.54, 1.807) is 12.1 Å². The number of benzene rings is 1. The molecule has 0 aliphatic heterocycles. The van der Waals surface area contributed by atoms with Crippen LogP contribution in [0.25, 0.3) is 0 Å². The van der Waals surface area contributed by atoms with Gasteiger partial charge in [-0.15, -0.1) is 0 Å². The van der Waals surface area contributed by atoms with Crippen molar-refractivity contribution >= 4 is 23.2 Å². The van der Waals surface area contributed by atoms with Crippen molar-refractivity contribution in [2.45, 2.75) is 12.8 Å². The minimum Gasteiger partial charge on any atom is -0.399 e. The van der Waals surface area contributed by atoms with Crippen LogP contribution in [0.4, 0.5) is 11.4 Å². The zero-order valence-corrected chi connectivity index (χ0v) is 12.5. The summed E-state index contributed by atoms with van der Waals surface area (Å²) < 4.78 is 0. The van der Waals surface area contributed by atoms with E-state index in [1.165, 1.54) is 0 Å². The van der Waals surface area contributed by atoms with Crippen LogP contribution in [0.3, 0.4) is 0 Å². The highest BCUT2D eigenvalue weighted by molar-refractivity contribution is 6.00. The first-order valence-electron chi connectivity index (χ1n) is 7.12. The molecule has 1 aromatic carbocycles. The molecule has 2 rings (SSSR count). The highest BCUT2D eigenvalue weighted by Gasteiger charge is 2.29. The normalized spacial score (nSPS) is 13.6. The van der Waals surface area contributed by atoms with E-state index in [0.29, 0.717) is 24.3 Å². The van der Waals surface area contributed by atoms with Gasteiger partial charge in [0.2, 0.25) is 5.91 Å². The number of carbonyl (C=O) groups is 2. The van der Waals surface area contributed by atoms with Crippen LogP contribution < -0.4 is 21.3 Å². The largest absolute Gasteiger partial charge is 0.399 e.